The molecular formula is C18H23N3OS. The van der Waals surface area contributed by atoms with E-state index in [-0.39, 0.29) is 23.9 Å². The van der Waals surface area contributed by atoms with Gasteiger partial charge in [-0.05, 0) is 31.2 Å². The van der Waals surface area contributed by atoms with Gasteiger partial charge >= 0.3 is 0 Å². The van der Waals surface area contributed by atoms with Crippen LogP contribution in [0.1, 0.15) is 48.1 Å². The van der Waals surface area contributed by atoms with Gasteiger partial charge in [-0.2, -0.15) is 0 Å². The zero-order valence-corrected chi connectivity index (χ0v) is 14.3. The first-order valence-electron chi connectivity index (χ1n) is 8.09. The van der Waals surface area contributed by atoms with E-state index < -0.39 is 0 Å². The van der Waals surface area contributed by atoms with Crippen molar-refractivity contribution in [1.82, 2.24) is 10.3 Å². The fraction of sp³-hybridized carbons (Fsp3) is 0.444. The molecule has 0 aliphatic heterocycles. The third-order valence-corrected chi connectivity index (χ3v) is 5.48. The summed E-state index contributed by atoms with van der Waals surface area (Å²) in [6, 6.07) is 9.53. The zero-order valence-electron chi connectivity index (χ0n) is 13.5. The van der Waals surface area contributed by atoms with E-state index in [2.05, 4.69) is 10.3 Å². The molecule has 1 saturated carbocycles. The van der Waals surface area contributed by atoms with E-state index >= 15 is 0 Å². The number of carbonyl (C=O) groups excluding carboxylic acids is 1. The standard InChI is InChI=1S/C18H23N3OS/c1-11-10-23-18(20-11)16(14-8-9-14)21-17(22)12(2)15(19)13-6-4-3-5-7-13/h3-7,10,12,14-16H,8-9,19H2,1-2H3,(H,21,22). The van der Waals surface area contributed by atoms with Crippen molar-refractivity contribution >= 4 is 17.2 Å². The topological polar surface area (TPSA) is 68.0 Å². The van der Waals surface area contributed by atoms with E-state index in [0.29, 0.717) is 5.92 Å². The molecular weight excluding hydrogens is 306 g/mol. The van der Waals surface area contributed by atoms with Gasteiger partial charge in [0, 0.05) is 17.1 Å². The summed E-state index contributed by atoms with van der Waals surface area (Å²) in [6.45, 7) is 3.88. The van der Waals surface area contributed by atoms with Crippen LogP contribution in [0, 0.1) is 18.8 Å². The Morgan fingerprint density at radius 1 is 1.35 bits per heavy atom. The number of hydrogen-bond acceptors (Lipinski definition) is 4. The lowest BCUT2D eigenvalue weighted by molar-refractivity contribution is -0.126. The van der Waals surface area contributed by atoms with E-state index in [1.807, 2.05) is 49.6 Å². The minimum Gasteiger partial charge on any atom is -0.346 e. The molecule has 1 aliphatic carbocycles. The number of nitrogens with two attached hydrogens (primary N) is 1. The van der Waals surface area contributed by atoms with Crippen LogP contribution in [-0.4, -0.2) is 10.9 Å². The molecule has 23 heavy (non-hydrogen) atoms. The van der Waals surface area contributed by atoms with Crippen molar-refractivity contribution in [2.75, 3.05) is 0 Å². The molecule has 2 aromatic rings. The van der Waals surface area contributed by atoms with Crippen LogP contribution in [-0.2, 0) is 4.79 Å². The number of carbonyl (C=O) groups is 1. The molecule has 5 heteroatoms. The molecule has 0 spiro atoms. The van der Waals surface area contributed by atoms with Crippen molar-refractivity contribution in [2.24, 2.45) is 17.6 Å². The van der Waals surface area contributed by atoms with Gasteiger partial charge in [-0.15, -0.1) is 11.3 Å². The highest BCUT2D eigenvalue weighted by Crippen LogP contribution is 2.42. The molecule has 1 aromatic carbocycles. The van der Waals surface area contributed by atoms with Gasteiger partial charge in [0.1, 0.15) is 5.01 Å². The van der Waals surface area contributed by atoms with E-state index in [4.69, 9.17) is 5.73 Å². The highest BCUT2D eigenvalue weighted by Gasteiger charge is 2.36. The van der Waals surface area contributed by atoms with Crippen molar-refractivity contribution in [3.05, 3.63) is 52.0 Å². The molecule has 1 heterocycles. The monoisotopic (exact) mass is 329 g/mol. The normalized spacial score (nSPS) is 18.2. The maximum atomic E-state index is 12.7. The number of nitrogens with zero attached hydrogens (tertiary/aromatic N) is 1. The van der Waals surface area contributed by atoms with Crippen molar-refractivity contribution in [1.29, 1.82) is 0 Å². The Kier molecular flexibility index (Phi) is 4.78. The summed E-state index contributed by atoms with van der Waals surface area (Å²) in [6.07, 6.45) is 2.31. The van der Waals surface area contributed by atoms with Crippen molar-refractivity contribution in [2.45, 2.75) is 38.8 Å². The van der Waals surface area contributed by atoms with Gasteiger partial charge in [0.15, 0.2) is 0 Å². The molecule has 3 N–H and O–H groups in total. The SMILES string of the molecule is Cc1csc(C(NC(=O)C(C)C(N)c2ccccc2)C2CC2)n1. The van der Waals surface area contributed by atoms with Crippen molar-refractivity contribution in [3.63, 3.8) is 0 Å². The number of hydrogen-bond donors (Lipinski definition) is 2. The van der Waals surface area contributed by atoms with Crippen LogP contribution in [0.5, 0.6) is 0 Å². The average molecular weight is 329 g/mol. The summed E-state index contributed by atoms with van der Waals surface area (Å²) >= 11 is 1.63. The molecule has 3 rings (SSSR count). The number of thiazole rings is 1. The molecule has 122 valence electrons. The van der Waals surface area contributed by atoms with Gasteiger partial charge in [-0.3, -0.25) is 4.79 Å². The van der Waals surface area contributed by atoms with Crippen LogP contribution in [0.25, 0.3) is 0 Å². The number of amides is 1. The average Bonchev–Trinajstić information content (AvgIpc) is 3.32. The summed E-state index contributed by atoms with van der Waals surface area (Å²) in [5, 5.41) is 6.24. The lowest BCUT2D eigenvalue weighted by atomic mass is 9.94. The van der Waals surface area contributed by atoms with Gasteiger partial charge in [-0.25, -0.2) is 4.98 Å². The van der Waals surface area contributed by atoms with Gasteiger partial charge in [-0.1, -0.05) is 37.3 Å². The summed E-state index contributed by atoms with van der Waals surface area (Å²) in [5.74, 6) is 0.246. The van der Waals surface area contributed by atoms with Crippen LogP contribution < -0.4 is 11.1 Å². The summed E-state index contributed by atoms with van der Waals surface area (Å²) in [4.78, 5) is 17.2. The first kappa shape index (κ1) is 16.1. The molecule has 1 aromatic heterocycles. The molecule has 1 fully saturated rings. The Hall–Kier alpha value is -1.72. The van der Waals surface area contributed by atoms with E-state index in [9.17, 15) is 4.79 Å². The molecule has 1 amide bonds. The van der Waals surface area contributed by atoms with E-state index in [1.54, 1.807) is 11.3 Å². The molecule has 3 atom stereocenters. The molecule has 0 saturated heterocycles. The Labute approximate surface area is 141 Å². The first-order chi connectivity index (χ1) is 11.1. The predicted octanol–water partition coefficient (Wildman–Crippen LogP) is 3.35. The minimum absolute atomic E-state index is 0.00565. The number of rotatable bonds is 6. The third-order valence-electron chi connectivity index (χ3n) is 4.43. The van der Waals surface area contributed by atoms with Gasteiger partial charge < -0.3 is 11.1 Å². The fourth-order valence-corrected chi connectivity index (χ4v) is 3.68. The minimum atomic E-state index is -0.297. The second-order valence-corrected chi connectivity index (χ2v) is 7.27. The quantitative estimate of drug-likeness (QED) is 0.854. The van der Waals surface area contributed by atoms with Gasteiger partial charge in [0.2, 0.25) is 5.91 Å². The smallest absolute Gasteiger partial charge is 0.225 e. The van der Waals surface area contributed by atoms with Gasteiger partial charge in [0.25, 0.3) is 0 Å². The number of nitrogens with one attached hydrogen (secondary N) is 1. The van der Waals surface area contributed by atoms with E-state index in [0.717, 1.165) is 29.1 Å². The maximum Gasteiger partial charge on any atom is 0.225 e. The van der Waals surface area contributed by atoms with Crippen LogP contribution >= 0.6 is 11.3 Å². The summed E-state index contributed by atoms with van der Waals surface area (Å²) < 4.78 is 0. The van der Waals surface area contributed by atoms with Crippen LogP contribution in [0.3, 0.4) is 0 Å². The zero-order chi connectivity index (χ0) is 16.4. The van der Waals surface area contributed by atoms with Crippen LogP contribution in [0.15, 0.2) is 35.7 Å². The number of aromatic nitrogens is 1. The van der Waals surface area contributed by atoms with Gasteiger partial charge in [0.05, 0.1) is 12.0 Å². The second-order valence-electron chi connectivity index (χ2n) is 6.38. The fourth-order valence-electron chi connectivity index (χ4n) is 2.74. The van der Waals surface area contributed by atoms with Crippen LogP contribution in [0.4, 0.5) is 0 Å². The summed E-state index contributed by atoms with van der Waals surface area (Å²) in [7, 11) is 0. The first-order valence-corrected chi connectivity index (χ1v) is 8.97. The lowest BCUT2D eigenvalue weighted by Gasteiger charge is -2.23. The van der Waals surface area contributed by atoms with Crippen molar-refractivity contribution < 1.29 is 4.79 Å². The Morgan fingerprint density at radius 2 is 2.04 bits per heavy atom. The number of aryl methyl sites for hydroxylation is 1. The molecule has 0 radical (unpaired) electrons. The highest BCUT2D eigenvalue weighted by atomic mass is 32.1. The molecule has 0 bridgehead atoms. The largest absolute Gasteiger partial charge is 0.346 e. The van der Waals surface area contributed by atoms with E-state index in [1.165, 1.54) is 0 Å². The van der Waals surface area contributed by atoms with Crippen molar-refractivity contribution in [3.8, 4) is 0 Å². The second kappa shape index (κ2) is 6.81. The van der Waals surface area contributed by atoms with Crippen LogP contribution in [0.2, 0.25) is 0 Å². The maximum absolute atomic E-state index is 12.7. The Balaban J connectivity index is 1.69. The predicted molar refractivity (Wildman–Crippen MR) is 93.0 cm³/mol. The Bertz CT molecular complexity index is 666. The number of benzene rings is 1. The Morgan fingerprint density at radius 3 is 2.61 bits per heavy atom. The molecule has 1 aliphatic rings. The molecule has 3 unspecified atom stereocenters. The third kappa shape index (κ3) is 3.79. The highest BCUT2D eigenvalue weighted by molar-refractivity contribution is 7.09. The summed E-state index contributed by atoms with van der Waals surface area (Å²) in [5.41, 5.74) is 8.28. The molecule has 4 nitrogen and oxygen atoms in total. The lowest BCUT2D eigenvalue weighted by Crippen LogP contribution is -2.38.